The first-order valence-electron chi connectivity index (χ1n) is 8.96. The summed E-state index contributed by atoms with van der Waals surface area (Å²) < 4.78 is 11.7. The van der Waals surface area contributed by atoms with E-state index in [1.165, 1.54) is 11.1 Å². The monoisotopic (exact) mass is 337 g/mol. The molecule has 1 heterocycles. The molecule has 1 fully saturated rings. The van der Waals surface area contributed by atoms with E-state index in [2.05, 4.69) is 43.9 Å². The maximum Gasteiger partial charge on any atom is 0.128 e. The van der Waals surface area contributed by atoms with Gasteiger partial charge in [-0.1, -0.05) is 42.0 Å². The van der Waals surface area contributed by atoms with E-state index in [0.717, 1.165) is 31.1 Å². The summed E-state index contributed by atoms with van der Waals surface area (Å²) in [6.45, 7) is 9.44. The zero-order valence-corrected chi connectivity index (χ0v) is 15.3. The van der Waals surface area contributed by atoms with Crippen LogP contribution in [0.3, 0.4) is 0 Å². The smallest absolute Gasteiger partial charge is 0.128 e. The molecule has 0 amide bonds. The molecule has 1 saturated heterocycles. The number of hydrogen-bond acceptors (Lipinski definition) is 3. The molecule has 2 unspecified atom stereocenters. The van der Waals surface area contributed by atoms with Crippen LogP contribution in [0.4, 0.5) is 0 Å². The molecular weight excluding hydrogens is 310 g/mol. The van der Waals surface area contributed by atoms with Crippen LogP contribution in [-0.4, -0.2) is 36.7 Å². The molecule has 3 nitrogen and oxygen atoms in total. The molecule has 2 atom stereocenters. The van der Waals surface area contributed by atoms with E-state index < -0.39 is 0 Å². The quantitative estimate of drug-likeness (QED) is 0.767. The topological polar surface area (TPSA) is 21.7 Å². The molecule has 3 rings (SSSR count). The fraction of sp³-hybridized carbons (Fsp3) is 0.364. The van der Waals surface area contributed by atoms with Crippen LogP contribution in [0.15, 0.2) is 60.2 Å². The van der Waals surface area contributed by atoms with Crippen molar-refractivity contribution in [3.63, 3.8) is 0 Å². The largest absolute Gasteiger partial charge is 0.457 e. The number of nitrogens with zero attached hydrogens (tertiary/aromatic N) is 1. The van der Waals surface area contributed by atoms with Crippen LogP contribution < -0.4 is 4.74 Å². The Morgan fingerprint density at radius 3 is 2.44 bits per heavy atom. The summed E-state index contributed by atoms with van der Waals surface area (Å²) >= 11 is 0. The predicted molar refractivity (Wildman–Crippen MR) is 103 cm³/mol. The summed E-state index contributed by atoms with van der Waals surface area (Å²) in [7, 11) is 0. The van der Waals surface area contributed by atoms with Crippen molar-refractivity contribution >= 4 is 6.08 Å². The number of morpholine rings is 1. The zero-order valence-electron chi connectivity index (χ0n) is 15.3. The summed E-state index contributed by atoms with van der Waals surface area (Å²) in [6.07, 6.45) is 2.85. The Hall–Kier alpha value is -2.10. The van der Waals surface area contributed by atoms with E-state index in [0.29, 0.717) is 12.2 Å². The van der Waals surface area contributed by atoms with Gasteiger partial charge in [-0.15, -0.1) is 0 Å². The molecule has 0 saturated carbocycles. The van der Waals surface area contributed by atoms with Gasteiger partial charge in [0.15, 0.2) is 0 Å². The van der Waals surface area contributed by atoms with E-state index in [9.17, 15) is 0 Å². The zero-order chi connectivity index (χ0) is 17.6. The lowest BCUT2D eigenvalue weighted by atomic mass is 10.1. The standard InChI is InChI=1S/C22H27NO2/c1-17(14-23-15-18(2)24-19(3)16-23)12-20-8-7-11-22(13-20)25-21-9-5-4-6-10-21/h4-13,18-19H,14-16H2,1-3H3/b17-12+. The second-order valence-corrected chi connectivity index (χ2v) is 6.93. The van der Waals surface area contributed by atoms with Crippen LogP contribution in [-0.2, 0) is 4.74 Å². The molecule has 3 heteroatoms. The van der Waals surface area contributed by atoms with E-state index in [1.807, 2.05) is 42.5 Å². The maximum atomic E-state index is 5.92. The summed E-state index contributed by atoms with van der Waals surface area (Å²) in [4.78, 5) is 2.47. The second-order valence-electron chi connectivity index (χ2n) is 6.93. The molecule has 0 aliphatic carbocycles. The lowest BCUT2D eigenvalue weighted by molar-refractivity contribution is -0.0652. The highest BCUT2D eigenvalue weighted by Crippen LogP contribution is 2.23. The van der Waals surface area contributed by atoms with Gasteiger partial charge in [-0.2, -0.15) is 0 Å². The third-order valence-electron chi connectivity index (χ3n) is 4.22. The van der Waals surface area contributed by atoms with Crippen LogP contribution in [0.25, 0.3) is 6.08 Å². The van der Waals surface area contributed by atoms with Gasteiger partial charge in [0.05, 0.1) is 12.2 Å². The lowest BCUT2D eigenvalue weighted by Crippen LogP contribution is -2.45. The minimum absolute atomic E-state index is 0.305. The van der Waals surface area contributed by atoms with Gasteiger partial charge in [-0.3, -0.25) is 4.90 Å². The molecule has 0 bridgehead atoms. The molecule has 0 radical (unpaired) electrons. The first-order valence-corrected chi connectivity index (χ1v) is 8.96. The Bertz CT molecular complexity index is 701. The Balaban J connectivity index is 1.65. The van der Waals surface area contributed by atoms with Gasteiger partial charge >= 0.3 is 0 Å². The highest BCUT2D eigenvalue weighted by molar-refractivity contribution is 5.55. The van der Waals surface area contributed by atoms with Gasteiger partial charge in [-0.05, 0) is 50.6 Å². The summed E-state index contributed by atoms with van der Waals surface area (Å²) in [5, 5.41) is 0. The van der Waals surface area contributed by atoms with Gasteiger partial charge in [0.2, 0.25) is 0 Å². The number of hydrogen-bond donors (Lipinski definition) is 0. The highest BCUT2D eigenvalue weighted by Gasteiger charge is 2.21. The van der Waals surface area contributed by atoms with Gasteiger partial charge in [0.1, 0.15) is 11.5 Å². The van der Waals surface area contributed by atoms with Crippen molar-refractivity contribution in [1.29, 1.82) is 0 Å². The molecule has 0 spiro atoms. The molecule has 0 N–H and O–H groups in total. The van der Waals surface area contributed by atoms with Crippen molar-refractivity contribution in [2.75, 3.05) is 19.6 Å². The fourth-order valence-corrected chi connectivity index (χ4v) is 3.39. The molecule has 2 aromatic carbocycles. The highest BCUT2D eigenvalue weighted by atomic mass is 16.5. The van der Waals surface area contributed by atoms with Gasteiger partial charge in [-0.25, -0.2) is 0 Å². The van der Waals surface area contributed by atoms with E-state index >= 15 is 0 Å². The molecule has 1 aliphatic heterocycles. The fourth-order valence-electron chi connectivity index (χ4n) is 3.39. The van der Waals surface area contributed by atoms with Crippen LogP contribution in [0.2, 0.25) is 0 Å². The first kappa shape index (κ1) is 17.7. The molecular formula is C22H27NO2. The van der Waals surface area contributed by atoms with Gasteiger partial charge in [0.25, 0.3) is 0 Å². The van der Waals surface area contributed by atoms with Crippen LogP contribution >= 0.6 is 0 Å². The summed E-state index contributed by atoms with van der Waals surface area (Å²) in [5.41, 5.74) is 2.51. The van der Waals surface area contributed by atoms with Crippen molar-refractivity contribution in [2.45, 2.75) is 33.0 Å². The minimum Gasteiger partial charge on any atom is -0.457 e. The average Bonchev–Trinajstić information content (AvgIpc) is 2.55. The molecule has 132 valence electrons. The van der Waals surface area contributed by atoms with Crippen molar-refractivity contribution < 1.29 is 9.47 Å². The van der Waals surface area contributed by atoms with E-state index in [1.54, 1.807) is 0 Å². The lowest BCUT2D eigenvalue weighted by Gasteiger charge is -2.35. The van der Waals surface area contributed by atoms with Crippen LogP contribution in [0, 0.1) is 0 Å². The molecule has 2 aromatic rings. The number of ether oxygens (including phenoxy) is 2. The predicted octanol–water partition coefficient (Wildman–Crippen LogP) is 4.99. The number of para-hydroxylation sites is 1. The SMILES string of the molecule is C/C(=C\c1cccc(Oc2ccccc2)c1)CN1CC(C)OC(C)C1. The maximum absolute atomic E-state index is 5.92. The average molecular weight is 337 g/mol. The molecule has 1 aliphatic rings. The Kier molecular flexibility index (Phi) is 5.90. The van der Waals surface area contributed by atoms with Gasteiger partial charge < -0.3 is 9.47 Å². The Labute approximate surface area is 150 Å². The Morgan fingerprint density at radius 1 is 1.04 bits per heavy atom. The Morgan fingerprint density at radius 2 is 1.72 bits per heavy atom. The number of rotatable bonds is 5. The third kappa shape index (κ3) is 5.45. The van der Waals surface area contributed by atoms with E-state index in [4.69, 9.17) is 9.47 Å². The van der Waals surface area contributed by atoms with Crippen LogP contribution in [0.1, 0.15) is 26.3 Å². The number of benzene rings is 2. The second kappa shape index (κ2) is 8.32. The minimum atomic E-state index is 0.305. The van der Waals surface area contributed by atoms with Crippen molar-refractivity contribution in [3.8, 4) is 11.5 Å². The normalized spacial score (nSPS) is 22.0. The first-order chi connectivity index (χ1) is 12.1. The summed E-state index contributed by atoms with van der Waals surface area (Å²) in [5.74, 6) is 1.72. The molecule has 25 heavy (non-hydrogen) atoms. The van der Waals surface area contributed by atoms with Gasteiger partial charge in [0, 0.05) is 19.6 Å². The third-order valence-corrected chi connectivity index (χ3v) is 4.22. The van der Waals surface area contributed by atoms with E-state index in [-0.39, 0.29) is 0 Å². The van der Waals surface area contributed by atoms with Crippen LogP contribution in [0.5, 0.6) is 11.5 Å². The molecule has 0 aromatic heterocycles. The van der Waals surface area contributed by atoms with Crippen molar-refractivity contribution in [1.82, 2.24) is 4.90 Å². The van der Waals surface area contributed by atoms with Crippen molar-refractivity contribution in [2.24, 2.45) is 0 Å². The summed E-state index contributed by atoms with van der Waals surface area (Å²) in [6, 6.07) is 18.1. The van der Waals surface area contributed by atoms with Crippen molar-refractivity contribution in [3.05, 3.63) is 65.7 Å².